The van der Waals surface area contributed by atoms with Gasteiger partial charge in [0.2, 0.25) is 5.91 Å². The molecule has 0 saturated carbocycles. The zero-order valence-corrected chi connectivity index (χ0v) is 7.98. The molecule has 0 unspecified atom stereocenters. The summed E-state index contributed by atoms with van der Waals surface area (Å²) in [5.41, 5.74) is 9.89. The molecule has 0 spiro atoms. The third-order valence-corrected chi connectivity index (χ3v) is 1.75. The molecule has 0 heterocycles. The van der Waals surface area contributed by atoms with E-state index in [0.29, 0.717) is 0 Å². The number of primary amides is 1. The van der Waals surface area contributed by atoms with Gasteiger partial charge in [0.05, 0.1) is 6.04 Å². The monoisotopic (exact) mass is 209 g/mol. The number of hydrogen-bond donors (Lipinski definition) is 4. The summed E-state index contributed by atoms with van der Waals surface area (Å²) in [5.74, 6) is -4.59. The first-order chi connectivity index (χ1) is 5.81. The highest BCUT2D eigenvalue weighted by Crippen LogP contribution is 2.04. The summed E-state index contributed by atoms with van der Waals surface area (Å²) in [6.07, 6.45) is 0. The first kappa shape index (κ1) is 12.2. The van der Waals surface area contributed by atoms with E-state index < -0.39 is 23.6 Å². The molecule has 13 heavy (non-hydrogen) atoms. The van der Waals surface area contributed by atoms with Gasteiger partial charge in [-0.1, -0.05) is 0 Å². The van der Waals surface area contributed by atoms with Gasteiger partial charge in [-0.15, -0.1) is 0 Å². The van der Waals surface area contributed by atoms with Crippen LogP contribution in [0.2, 0.25) is 0 Å². The molecule has 0 aliphatic heterocycles. The van der Waals surface area contributed by atoms with Gasteiger partial charge in [-0.2, -0.15) is 12.6 Å². The van der Waals surface area contributed by atoms with Crippen LogP contribution in [0.4, 0.5) is 4.39 Å². The highest BCUT2D eigenvalue weighted by atomic mass is 32.1. The van der Waals surface area contributed by atoms with E-state index in [-0.39, 0.29) is 5.75 Å². The molecule has 0 aromatic heterocycles. The van der Waals surface area contributed by atoms with Crippen molar-refractivity contribution in [2.75, 3.05) is 5.75 Å². The number of nitrogens with two attached hydrogens (primary N) is 2. The molecule has 0 rings (SSSR count). The molecule has 0 saturated heterocycles. The van der Waals surface area contributed by atoms with Crippen molar-refractivity contribution in [1.82, 2.24) is 5.32 Å². The number of hydrogen-bond acceptors (Lipinski definition) is 4. The Bertz CT molecular complexity index is 222. The number of nitrogens with one attached hydrogen (secondary N) is 1. The Morgan fingerprint density at radius 1 is 1.69 bits per heavy atom. The normalized spacial score (nSPS) is 17.2. The molecular weight excluding hydrogens is 197 g/mol. The molecular formula is C6H12FN3O2S. The van der Waals surface area contributed by atoms with Crippen LogP contribution in [0.15, 0.2) is 0 Å². The SMILES string of the molecule is C[C@](F)(NC(=O)[C@@H](N)CS)C(N)=O. The number of alkyl halides is 1. The average molecular weight is 209 g/mol. The van der Waals surface area contributed by atoms with Crippen LogP contribution in [-0.2, 0) is 9.59 Å². The predicted octanol–water partition coefficient (Wildman–Crippen LogP) is -1.47. The van der Waals surface area contributed by atoms with Gasteiger partial charge in [-0.05, 0) is 6.92 Å². The number of amides is 2. The van der Waals surface area contributed by atoms with Gasteiger partial charge in [-0.3, -0.25) is 9.59 Å². The largest absolute Gasteiger partial charge is 0.365 e. The van der Waals surface area contributed by atoms with Crippen LogP contribution in [-0.4, -0.2) is 29.4 Å². The molecule has 0 fully saturated rings. The minimum Gasteiger partial charge on any atom is -0.365 e. The summed E-state index contributed by atoms with van der Waals surface area (Å²) in [6.45, 7) is 0.846. The van der Waals surface area contributed by atoms with Crippen LogP contribution in [0.3, 0.4) is 0 Å². The Morgan fingerprint density at radius 3 is 2.46 bits per heavy atom. The molecule has 2 amide bonds. The number of rotatable bonds is 4. The predicted molar refractivity (Wildman–Crippen MR) is 48.7 cm³/mol. The molecule has 0 radical (unpaired) electrons. The first-order valence-corrected chi connectivity index (χ1v) is 4.11. The third-order valence-electron chi connectivity index (χ3n) is 1.35. The van der Waals surface area contributed by atoms with Gasteiger partial charge in [0.1, 0.15) is 0 Å². The topological polar surface area (TPSA) is 98.2 Å². The lowest BCUT2D eigenvalue weighted by Gasteiger charge is -2.19. The quantitative estimate of drug-likeness (QED) is 0.336. The van der Waals surface area contributed by atoms with Crippen LogP contribution < -0.4 is 16.8 Å². The van der Waals surface area contributed by atoms with Crippen molar-refractivity contribution in [2.45, 2.75) is 18.8 Å². The Kier molecular flexibility index (Phi) is 4.15. The lowest BCUT2D eigenvalue weighted by molar-refractivity contribution is -0.137. The van der Waals surface area contributed by atoms with E-state index >= 15 is 0 Å². The molecule has 5 nitrogen and oxygen atoms in total. The number of halogens is 1. The van der Waals surface area contributed by atoms with Crippen LogP contribution in [0.1, 0.15) is 6.92 Å². The molecule has 5 N–H and O–H groups in total. The van der Waals surface area contributed by atoms with Crippen LogP contribution in [0.25, 0.3) is 0 Å². The lowest BCUT2D eigenvalue weighted by atomic mass is 10.2. The van der Waals surface area contributed by atoms with E-state index in [1.165, 1.54) is 0 Å². The second-order valence-electron chi connectivity index (χ2n) is 2.65. The molecule has 7 heteroatoms. The molecule has 0 aromatic rings. The zero-order chi connectivity index (χ0) is 10.6. The van der Waals surface area contributed by atoms with E-state index in [9.17, 15) is 14.0 Å². The summed E-state index contributed by atoms with van der Waals surface area (Å²) in [7, 11) is 0. The van der Waals surface area contributed by atoms with E-state index in [0.717, 1.165) is 6.92 Å². The van der Waals surface area contributed by atoms with Crippen LogP contribution >= 0.6 is 12.6 Å². The smallest absolute Gasteiger partial charge is 0.275 e. The van der Waals surface area contributed by atoms with E-state index in [2.05, 4.69) is 18.4 Å². The lowest BCUT2D eigenvalue weighted by Crippen LogP contribution is -2.56. The fourth-order valence-electron chi connectivity index (χ4n) is 0.469. The third kappa shape index (κ3) is 3.60. The van der Waals surface area contributed by atoms with Gasteiger partial charge in [0, 0.05) is 5.75 Å². The van der Waals surface area contributed by atoms with Gasteiger partial charge in [0.25, 0.3) is 11.7 Å². The Labute approximate surface area is 80.4 Å². The van der Waals surface area contributed by atoms with Gasteiger partial charge in [-0.25, -0.2) is 4.39 Å². The molecule has 2 atom stereocenters. The minimum absolute atomic E-state index is 0.0562. The Morgan fingerprint density at radius 2 is 2.15 bits per heavy atom. The second kappa shape index (κ2) is 4.43. The molecule has 0 aromatic carbocycles. The molecule has 76 valence electrons. The maximum Gasteiger partial charge on any atom is 0.275 e. The van der Waals surface area contributed by atoms with E-state index in [1.807, 2.05) is 0 Å². The zero-order valence-electron chi connectivity index (χ0n) is 7.08. The van der Waals surface area contributed by atoms with Crippen LogP contribution in [0.5, 0.6) is 0 Å². The van der Waals surface area contributed by atoms with Crippen molar-refractivity contribution in [3.05, 3.63) is 0 Å². The maximum absolute atomic E-state index is 13.1. The Balaban J connectivity index is 4.28. The summed E-state index contributed by atoms with van der Waals surface area (Å²) in [6, 6.07) is -0.960. The van der Waals surface area contributed by atoms with Crippen molar-refractivity contribution in [1.29, 1.82) is 0 Å². The Hall–Kier alpha value is -0.820. The standard InChI is InChI=1S/C6H12FN3O2S/c1-6(7,5(9)12)10-4(11)3(8)2-13/h3,13H,2,8H2,1H3,(H2,9,12)(H,10,11)/t3-,6-/m0/s1. The van der Waals surface area contributed by atoms with Crippen molar-refractivity contribution >= 4 is 24.4 Å². The number of carbonyl (C=O) groups is 2. The highest BCUT2D eigenvalue weighted by Gasteiger charge is 2.33. The molecule has 0 bridgehead atoms. The first-order valence-electron chi connectivity index (χ1n) is 3.48. The van der Waals surface area contributed by atoms with Crippen molar-refractivity contribution in [3.8, 4) is 0 Å². The fourth-order valence-corrected chi connectivity index (χ4v) is 0.634. The second-order valence-corrected chi connectivity index (χ2v) is 3.01. The summed E-state index contributed by atoms with van der Waals surface area (Å²) >= 11 is 3.73. The van der Waals surface area contributed by atoms with Gasteiger partial charge >= 0.3 is 0 Å². The van der Waals surface area contributed by atoms with Crippen LogP contribution in [0, 0.1) is 0 Å². The maximum atomic E-state index is 13.1. The number of thiol groups is 1. The van der Waals surface area contributed by atoms with Crippen molar-refractivity contribution in [3.63, 3.8) is 0 Å². The minimum atomic E-state index is -2.57. The number of carbonyl (C=O) groups excluding carboxylic acids is 2. The van der Waals surface area contributed by atoms with Crippen molar-refractivity contribution in [2.24, 2.45) is 11.5 Å². The van der Waals surface area contributed by atoms with Gasteiger partial charge in [0.15, 0.2) is 0 Å². The average Bonchev–Trinajstić information content (AvgIpc) is 2.01. The van der Waals surface area contributed by atoms with E-state index in [4.69, 9.17) is 5.73 Å². The van der Waals surface area contributed by atoms with Crippen molar-refractivity contribution < 1.29 is 14.0 Å². The fraction of sp³-hybridized carbons (Fsp3) is 0.667. The van der Waals surface area contributed by atoms with Gasteiger partial charge < -0.3 is 16.8 Å². The van der Waals surface area contributed by atoms with E-state index in [1.54, 1.807) is 5.32 Å². The molecule has 0 aliphatic rings. The highest BCUT2D eigenvalue weighted by molar-refractivity contribution is 7.80. The summed E-state index contributed by atoms with van der Waals surface area (Å²) < 4.78 is 13.1. The molecule has 0 aliphatic carbocycles. The summed E-state index contributed by atoms with van der Waals surface area (Å²) in [4.78, 5) is 21.4. The summed E-state index contributed by atoms with van der Waals surface area (Å²) in [5, 5.41) is 1.75.